The van der Waals surface area contributed by atoms with Crippen molar-refractivity contribution in [2.75, 3.05) is 32.7 Å². The molecule has 3 heterocycles. The summed E-state index contributed by atoms with van der Waals surface area (Å²) in [6.07, 6.45) is 5.91. The van der Waals surface area contributed by atoms with Crippen LogP contribution in [0.4, 0.5) is 0 Å². The third kappa shape index (κ3) is 3.90. The van der Waals surface area contributed by atoms with E-state index in [9.17, 15) is 4.79 Å². The van der Waals surface area contributed by atoms with Gasteiger partial charge in [0.2, 0.25) is 5.91 Å². The Morgan fingerprint density at radius 3 is 2.65 bits per heavy atom. The van der Waals surface area contributed by atoms with Gasteiger partial charge in [-0.15, -0.1) is 0 Å². The van der Waals surface area contributed by atoms with Gasteiger partial charge in [0.15, 0.2) is 0 Å². The van der Waals surface area contributed by atoms with E-state index in [2.05, 4.69) is 39.6 Å². The summed E-state index contributed by atoms with van der Waals surface area (Å²) in [6, 6.07) is 4.54. The molecular weight excluding hydrogens is 288 g/mol. The van der Waals surface area contributed by atoms with Crippen LogP contribution in [0, 0.1) is 0 Å². The average Bonchev–Trinajstić information content (AvgIpc) is 2.57. The van der Waals surface area contributed by atoms with Gasteiger partial charge >= 0.3 is 0 Å². The van der Waals surface area contributed by atoms with Gasteiger partial charge in [-0.3, -0.25) is 19.6 Å². The SMILES string of the molecule is CC(C)N1CCC[C@@H](N2CCN(Cc3cccnc3)CC2)C1=O. The van der Waals surface area contributed by atoms with E-state index in [0.717, 1.165) is 52.1 Å². The van der Waals surface area contributed by atoms with Crippen LogP contribution < -0.4 is 0 Å². The highest BCUT2D eigenvalue weighted by molar-refractivity contribution is 5.82. The fraction of sp³-hybridized carbons (Fsp3) is 0.667. The molecule has 2 aliphatic heterocycles. The van der Waals surface area contributed by atoms with Crippen LogP contribution in [0.5, 0.6) is 0 Å². The van der Waals surface area contributed by atoms with E-state index in [1.165, 1.54) is 5.56 Å². The van der Waals surface area contributed by atoms with Crippen molar-refractivity contribution in [1.82, 2.24) is 19.7 Å². The molecule has 0 aliphatic carbocycles. The standard InChI is InChI=1S/C18H28N4O/c1-15(2)22-8-4-6-17(18(22)23)21-11-9-20(10-12-21)14-16-5-3-7-19-13-16/h3,5,7,13,15,17H,4,6,8-12,14H2,1-2H3/t17-/m1/s1. The molecule has 0 N–H and O–H groups in total. The number of amides is 1. The van der Waals surface area contributed by atoms with Gasteiger partial charge in [-0.1, -0.05) is 6.07 Å². The second-order valence-corrected chi connectivity index (χ2v) is 6.96. The summed E-state index contributed by atoms with van der Waals surface area (Å²) in [4.78, 5) is 23.8. The number of hydrogen-bond acceptors (Lipinski definition) is 4. The Morgan fingerprint density at radius 1 is 1.22 bits per heavy atom. The fourth-order valence-corrected chi connectivity index (χ4v) is 3.71. The Morgan fingerprint density at radius 2 is 2.00 bits per heavy atom. The lowest BCUT2D eigenvalue weighted by Crippen LogP contribution is -2.58. The zero-order valence-electron chi connectivity index (χ0n) is 14.3. The first kappa shape index (κ1) is 16.4. The van der Waals surface area contributed by atoms with Gasteiger partial charge in [0, 0.05) is 57.7 Å². The van der Waals surface area contributed by atoms with Crippen molar-refractivity contribution in [3.05, 3.63) is 30.1 Å². The van der Waals surface area contributed by atoms with E-state index in [4.69, 9.17) is 0 Å². The van der Waals surface area contributed by atoms with E-state index in [1.54, 1.807) is 0 Å². The van der Waals surface area contributed by atoms with Crippen LogP contribution in [0.3, 0.4) is 0 Å². The molecule has 5 heteroatoms. The summed E-state index contributed by atoms with van der Waals surface area (Å²) in [5.41, 5.74) is 1.26. The highest BCUT2D eigenvalue weighted by atomic mass is 16.2. The van der Waals surface area contributed by atoms with E-state index < -0.39 is 0 Å². The normalized spacial score (nSPS) is 24.4. The summed E-state index contributed by atoms with van der Waals surface area (Å²) >= 11 is 0. The molecule has 1 aromatic heterocycles. The average molecular weight is 316 g/mol. The number of hydrogen-bond donors (Lipinski definition) is 0. The van der Waals surface area contributed by atoms with Crippen molar-refractivity contribution in [2.45, 2.75) is 45.3 Å². The van der Waals surface area contributed by atoms with Gasteiger partial charge in [0.25, 0.3) is 0 Å². The van der Waals surface area contributed by atoms with Crippen LogP contribution in [0.15, 0.2) is 24.5 Å². The molecule has 2 saturated heterocycles. The smallest absolute Gasteiger partial charge is 0.240 e. The van der Waals surface area contributed by atoms with Crippen LogP contribution in [-0.4, -0.2) is 70.4 Å². The second kappa shape index (κ2) is 7.41. The Hall–Kier alpha value is -1.46. The molecule has 1 aromatic rings. The molecule has 0 unspecified atom stereocenters. The van der Waals surface area contributed by atoms with Crippen LogP contribution in [0.25, 0.3) is 0 Å². The van der Waals surface area contributed by atoms with Gasteiger partial charge in [-0.2, -0.15) is 0 Å². The molecule has 0 aromatic carbocycles. The minimum absolute atomic E-state index is 0.103. The van der Waals surface area contributed by atoms with Crippen LogP contribution in [0.2, 0.25) is 0 Å². The predicted molar refractivity (Wildman–Crippen MR) is 91.0 cm³/mol. The molecule has 0 saturated carbocycles. The highest BCUT2D eigenvalue weighted by Crippen LogP contribution is 2.21. The zero-order chi connectivity index (χ0) is 16.2. The highest BCUT2D eigenvalue weighted by Gasteiger charge is 2.35. The first-order valence-corrected chi connectivity index (χ1v) is 8.81. The molecular formula is C18H28N4O. The number of aromatic nitrogens is 1. The molecule has 3 rings (SSSR count). The molecule has 2 fully saturated rings. The van der Waals surface area contributed by atoms with Crippen LogP contribution in [0.1, 0.15) is 32.3 Å². The number of nitrogens with zero attached hydrogens (tertiary/aromatic N) is 4. The minimum atomic E-state index is 0.103. The maximum absolute atomic E-state index is 12.7. The number of carbonyl (C=O) groups is 1. The summed E-state index contributed by atoms with van der Waals surface area (Å²) in [5.74, 6) is 0.340. The quantitative estimate of drug-likeness (QED) is 0.846. The van der Waals surface area contributed by atoms with Crippen molar-refractivity contribution in [3.63, 3.8) is 0 Å². The van der Waals surface area contributed by atoms with Crippen molar-refractivity contribution >= 4 is 5.91 Å². The van der Waals surface area contributed by atoms with Gasteiger partial charge in [0.1, 0.15) is 0 Å². The van der Waals surface area contributed by atoms with Gasteiger partial charge in [0.05, 0.1) is 6.04 Å². The number of likely N-dealkylation sites (tertiary alicyclic amines) is 1. The summed E-state index contributed by atoms with van der Waals surface area (Å²) in [6.45, 7) is 10.1. The summed E-state index contributed by atoms with van der Waals surface area (Å²) in [7, 11) is 0. The lowest BCUT2D eigenvalue weighted by atomic mass is 10.0. The maximum atomic E-state index is 12.7. The topological polar surface area (TPSA) is 39.7 Å². The number of pyridine rings is 1. The molecule has 0 bridgehead atoms. The summed E-state index contributed by atoms with van der Waals surface area (Å²) in [5, 5.41) is 0. The Kier molecular flexibility index (Phi) is 5.28. The molecule has 0 spiro atoms. The van der Waals surface area contributed by atoms with E-state index in [0.29, 0.717) is 11.9 Å². The van der Waals surface area contributed by atoms with Crippen molar-refractivity contribution in [1.29, 1.82) is 0 Å². The van der Waals surface area contributed by atoms with Crippen molar-refractivity contribution in [3.8, 4) is 0 Å². The minimum Gasteiger partial charge on any atom is -0.339 e. The fourth-order valence-electron chi connectivity index (χ4n) is 3.71. The zero-order valence-corrected chi connectivity index (χ0v) is 14.3. The molecule has 0 radical (unpaired) electrons. The van der Waals surface area contributed by atoms with Gasteiger partial charge in [-0.05, 0) is 38.3 Å². The third-order valence-corrected chi connectivity index (χ3v) is 5.04. The number of piperazine rings is 1. The Balaban J connectivity index is 1.53. The molecule has 1 atom stereocenters. The Labute approximate surface area is 139 Å². The van der Waals surface area contributed by atoms with Crippen molar-refractivity contribution in [2.24, 2.45) is 0 Å². The molecule has 5 nitrogen and oxygen atoms in total. The lowest BCUT2D eigenvalue weighted by molar-refractivity contribution is -0.143. The summed E-state index contributed by atoms with van der Waals surface area (Å²) < 4.78 is 0. The molecule has 1 amide bonds. The van der Waals surface area contributed by atoms with E-state index >= 15 is 0 Å². The van der Waals surface area contributed by atoms with E-state index in [-0.39, 0.29) is 6.04 Å². The van der Waals surface area contributed by atoms with Crippen molar-refractivity contribution < 1.29 is 4.79 Å². The maximum Gasteiger partial charge on any atom is 0.240 e. The number of carbonyl (C=O) groups excluding carboxylic acids is 1. The number of rotatable bonds is 4. The first-order chi connectivity index (χ1) is 11.1. The lowest BCUT2D eigenvalue weighted by Gasteiger charge is -2.43. The first-order valence-electron chi connectivity index (χ1n) is 8.81. The van der Waals surface area contributed by atoms with Gasteiger partial charge < -0.3 is 4.90 Å². The van der Waals surface area contributed by atoms with Crippen LogP contribution >= 0.6 is 0 Å². The predicted octanol–water partition coefficient (Wildman–Crippen LogP) is 1.60. The van der Waals surface area contributed by atoms with E-state index in [1.807, 2.05) is 18.5 Å². The largest absolute Gasteiger partial charge is 0.339 e. The number of piperidine rings is 1. The monoisotopic (exact) mass is 316 g/mol. The Bertz CT molecular complexity index is 511. The molecule has 23 heavy (non-hydrogen) atoms. The van der Waals surface area contributed by atoms with Crippen LogP contribution in [-0.2, 0) is 11.3 Å². The molecule has 2 aliphatic rings. The van der Waals surface area contributed by atoms with Gasteiger partial charge in [-0.25, -0.2) is 0 Å². The molecule has 126 valence electrons. The third-order valence-electron chi connectivity index (χ3n) is 5.04. The second-order valence-electron chi connectivity index (χ2n) is 6.96.